The van der Waals surface area contributed by atoms with Crippen LogP contribution in [0, 0.1) is 0 Å². The van der Waals surface area contributed by atoms with E-state index in [2.05, 4.69) is 29.2 Å². The average Bonchev–Trinajstić information content (AvgIpc) is 2.83. The minimum Gasteiger partial charge on any atom is -0.481 e. The van der Waals surface area contributed by atoms with E-state index in [0.29, 0.717) is 5.69 Å². The van der Waals surface area contributed by atoms with E-state index in [1.54, 1.807) is 11.3 Å². The minimum absolute atomic E-state index is 0.0283. The zero-order valence-corrected chi connectivity index (χ0v) is 11.5. The SMILES string of the molecule is O=C(O)Cc1csc(CCCCc2ccccc2)n1. The minimum atomic E-state index is -0.819. The summed E-state index contributed by atoms with van der Waals surface area (Å²) in [5, 5.41) is 11.6. The van der Waals surface area contributed by atoms with Crippen molar-refractivity contribution in [2.75, 3.05) is 0 Å². The molecule has 0 spiro atoms. The van der Waals surface area contributed by atoms with Gasteiger partial charge in [0.1, 0.15) is 0 Å². The lowest BCUT2D eigenvalue weighted by atomic mass is 10.1. The number of carboxylic acids is 1. The van der Waals surface area contributed by atoms with Gasteiger partial charge in [-0.1, -0.05) is 30.3 Å². The number of thiazole rings is 1. The fourth-order valence-corrected chi connectivity index (χ4v) is 2.79. The van der Waals surface area contributed by atoms with Crippen LogP contribution in [0.4, 0.5) is 0 Å². The number of benzene rings is 1. The van der Waals surface area contributed by atoms with Gasteiger partial charge in [0.05, 0.1) is 17.1 Å². The Bertz CT molecular complexity index is 522. The topological polar surface area (TPSA) is 50.2 Å². The summed E-state index contributed by atoms with van der Waals surface area (Å²) in [7, 11) is 0. The predicted octanol–water partition coefficient (Wildman–Crippen LogP) is 3.34. The van der Waals surface area contributed by atoms with Crippen molar-refractivity contribution < 1.29 is 9.90 Å². The molecule has 0 aliphatic heterocycles. The van der Waals surface area contributed by atoms with Crippen molar-refractivity contribution in [2.24, 2.45) is 0 Å². The highest BCUT2D eigenvalue weighted by Crippen LogP contribution is 2.14. The molecule has 1 aromatic heterocycles. The Morgan fingerprint density at radius 2 is 1.89 bits per heavy atom. The fraction of sp³-hybridized carbons (Fsp3) is 0.333. The van der Waals surface area contributed by atoms with E-state index in [9.17, 15) is 4.79 Å². The van der Waals surface area contributed by atoms with Crippen molar-refractivity contribution in [3.05, 3.63) is 52.0 Å². The molecule has 4 heteroatoms. The van der Waals surface area contributed by atoms with E-state index in [-0.39, 0.29) is 6.42 Å². The van der Waals surface area contributed by atoms with E-state index in [4.69, 9.17) is 5.11 Å². The largest absolute Gasteiger partial charge is 0.481 e. The second-order valence-corrected chi connectivity index (χ2v) is 5.44. The second-order valence-electron chi connectivity index (χ2n) is 4.50. The van der Waals surface area contributed by atoms with Gasteiger partial charge in [-0.3, -0.25) is 4.79 Å². The van der Waals surface area contributed by atoms with Gasteiger partial charge in [0.15, 0.2) is 0 Å². The van der Waals surface area contributed by atoms with Crippen LogP contribution >= 0.6 is 11.3 Å². The average molecular weight is 275 g/mol. The van der Waals surface area contributed by atoms with Gasteiger partial charge in [-0.05, 0) is 31.2 Å². The predicted molar refractivity (Wildman–Crippen MR) is 76.5 cm³/mol. The standard InChI is InChI=1S/C15H17NO2S/c17-15(18)10-13-11-19-14(16-13)9-5-4-8-12-6-2-1-3-7-12/h1-3,6-7,11H,4-5,8-10H2,(H,17,18). The summed E-state index contributed by atoms with van der Waals surface area (Å²) in [5.41, 5.74) is 2.05. The van der Waals surface area contributed by atoms with Crippen LogP contribution in [0.15, 0.2) is 35.7 Å². The Morgan fingerprint density at radius 3 is 2.63 bits per heavy atom. The molecule has 1 N–H and O–H groups in total. The highest BCUT2D eigenvalue weighted by Gasteiger charge is 2.05. The van der Waals surface area contributed by atoms with Crippen LogP contribution in [0.2, 0.25) is 0 Å². The number of carboxylic acid groups (broad SMARTS) is 1. The maximum atomic E-state index is 10.6. The molecule has 0 unspecified atom stereocenters. The summed E-state index contributed by atoms with van der Waals surface area (Å²) in [6.45, 7) is 0. The van der Waals surface area contributed by atoms with Crippen LogP contribution in [0.1, 0.15) is 29.1 Å². The summed E-state index contributed by atoms with van der Waals surface area (Å²) < 4.78 is 0. The number of aliphatic carboxylic acids is 1. The van der Waals surface area contributed by atoms with Crippen molar-refractivity contribution in [1.29, 1.82) is 0 Å². The zero-order valence-electron chi connectivity index (χ0n) is 10.7. The molecular formula is C15H17NO2S. The third kappa shape index (κ3) is 4.83. The number of hydrogen-bond donors (Lipinski definition) is 1. The van der Waals surface area contributed by atoms with Crippen molar-refractivity contribution in [3.63, 3.8) is 0 Å². The van der Waals surface area contributed by atoms with Crippen LogP contribution in [-0.2, 0) is 24.1 Å². The van der Waals surface area contributed by atoms with Crippen LogP contribution in [0.5, 0.6) is 0 Å². The van der Waals surface area contributed by atoms with Gasteiger partial charge >= 0.3 is 5.97 Å². The van der Waals surface area contributed by atoms with Gasteiger partial charge in [0, 0.05) is 5.38 Å². The monoisotopic (exact) mass is 275 g/mol. The van der Waals surface area contributed by atoms with Crippen molar-refractivity contribution in [2.45, 2.75) is 32.1 Å². The first kappa shape index (κ1) is 13.7. The van der Waals surface area contributed by atoms with E-state index in [1.165, 1.54) is 5.56 Å². The van der Waals surface area contributed by atoms with Crippen LogP contribution in [0.25, 0.3) is 0 Å². The summed E-state index contributed by atoms with van der Waals surface area (Å²) in [5.74, 6) is -0.819. The maximum Gasteiger partial charge on any atom is 0.309 e. The number of hydrogen-bond acceptors (Lipinski definition) is 3. The molecule has 2 rings (SSSR count). The molecule has 0 fully saturated rings. The number of aryl methyl sites for hydroxylation is 2. The summed E-state index contributed by atoms with van der Waals surface area (Å²) in [4.78, 5) is 14.9. The summed E-state index contributed by atoms with van der Waals surface area (Å²) in [6.07, 6.45) is 4.29. The van der Waals surface area contributed by atoms with Crippen molar-refractivity contribution in [3.8, 4) is 0 Å². The molecule has 100 valence electrons. The molecule has 0 bridgehead atoms. The highest BCUT2D eigenvalue weighted by molar-refractivity contribution is 7.09. The molecule has 0 saturated carbocycles. The third-order valence-corrected chi connectivity index (χ3v) is 3.84. The molecule has 19 heavy (non-hydrogen) atoms. The van der Waals surface area contributed by atoms with Gasteiger partial charge < -0.3 is 5.11 Å². The normalized spacial score (nSPS) is 10.5. The number of nitrogens with zero attached hydrogens (tertiary/aromatic N) is 1. The molecule has 0 saturated heterocycles. The Hall–Kier alpha value is -1.68. The number of rotatable bonds is 7. The van der Waals surface area contributed by atoms with E-state index < -0.39 is 5.97 Å². The Balaban J connectivity index is 1.71. The van der Waals surface area contributed by atoms with Gasteiger partial charge in [0.25, 0.3) is 0 Å². The van der Waals surface area contributed by atoms with Crippen molar-refractivity contribution >= 4 is 17.3 Å². The molecule has 1 heterocycles. The molecule has 3 nitrogen and oxygen atoms in total. The zero-order chi connectivity index (χ0) is 13.5. The first-order valence-electron chi connectivity index (χ1n) is 6.43. The third-order valence-electron chi connectivity index (χ3n) is 2.88. The first-order chi connectivity index (χ1) is 9.24. The van der Waals surface area contributed by atoms with Gasteiger partial charge in [-0.15, -0.1) is 11.3 Å². The van der Waals surface area contributed by atoms with Crippen LogP contribution in [0.3, 0.4) is 0 Å². The molecule has 0 amide bonds. The Kier molecular flexibility index (Phi) is 5.10. The fourth-order valence-electron chi connectivity index (χ4n) is 1.95. The van der Waals surface area contributed by atoms with Crippen LogP contribution < -0.4 is 0 Å². The van der Waals surface area contributed by atoms with E-state index in [1.807, 2.05) is 11.4 Å². The van der Waals surface area contributed by atoms with E-state index in [0.717, 1.165) is 30.7 Å². The first-order valence-corrected chi connectivity index (χ1v) is 7.31. The molecule has 2 aromatic rings. The van der Waals surface area contributed by atoms with Gasteiger partial charge in [0.2, 0.25) is 0 Å². The number of unbranched alkanes of at least 4 members (excludes halogenated alkanes) is 1. The van der Waals surface area contributed by atoms with Crippen molar-refractivity contribution in [1.82, 2.24) is 4.98 Å². The molecule has 0 aliphatic carbocycles. The molecule has 0 aliphatic rings. The molecule has 1 aromatic carbocycles. The summed E-state index contributed by atoms with van der Waals surface area (Å²) >= 11 is 1.56. The lowest BCUT2D eigenvalue weighted by Gasteiger charge is -2.00. The van der Waals surface area contributed by atoms with Crippen LogP contribution in [-0.4, -0.2) is 16.1 Å². The van der Waals surface area contributed by atoms with E-state index >= 15 is 0 Å². The molecule has 0 atom stereocenters. The van der Waals surface area contributed by atoms with Gasteiger partial charge in [-0.2, -0.15) is 0 Å². The Labute approximate surface area is 116 Å². The lowest BCUT2D eigenvalue weighted by Crippen LogP contribution is -2.00. The lowest BCUT2D eigenvalue weighted by molar-refractivity contribution is -0.136. The Morgan fingerprint density at radius 1 is 1.16 bits per heavy atom. The highest BCUT2D eigenvalue weighted by atomic mass is 32.1. The number of aromatic nitrogens is 1. The number of carbonyl (C=O) groups is 1. The summed E-state index contributed by atoms with van der Waals surface area (Å²) in [6, 6.07) is 10.5. The maximum absolute atomic E-state index is 10.6. The quantitative estimate of drug-likeness (QED) is 0.788. The van der Waals surface area contributed by atoms with Gasteiger partial charge in [-0.25, -0.2) is 4.98 Å². The molecule has 0 radical (unpaired) electrons. The molecular weight excluding hydrogens is 258 g/mol. The smallest absolute Gasteiger partial charge is 0.309 e. The second kappa shape index (κ2) is 7.04.